The van der Waals surface area contributed by atoms with Crippen LogP contribution >= 0.6 is 0 Å². The number of carboxylic acids is 1. The van der Waals surface area contributed by atoms with Crippen LogP contribution in [0.1, 0.15) is 30.1 Å². The number of hydrogen-bond acceptors (Lipinski definition) is 5. The number of rotatable bonds is 6. The van der Waals surface area contributed by atoms with Crippen molar-refractivity contribution in [1.82, 2.24) is 25.9 Å². The maximum Gasteiger partial charge on any atom is 0.303 e. The molecular formula is C13H15N5O3. The van der Waals surface area contributed by atoms with E-state index in [4.69, 9.17) is 5.11 Å². The topological polar surface area (TPSA) is 121 Å². The van der Waals surface area contributed by atoms with Gasteiger partial charge in [0.1, 0.15) is 0 Å². The fourth-order valence-corrected chi connectivity index (χ4v) is 1.77. The molecule has 1 atom stereocenters. The van der Waals surface area contributed by atoms with Crippen molar-refractivity contribution in [3.63, 3.8) is 0 Å². The molecular weight excluding hydrogens is 274 g/mol. The average Bonchev–Trinajstić information content (AvgIpc) is 2.99. The Morgan fingerprint density at radius 3 is 2.62 bits per heavy atom. The number of tetrazole rings is 1. The lowest BCUT2D eigenvalue weighted by Gasteiger charge is -2.12. The lowest BCUT2D eigenvalue weighted by molar-refractivity contribution is -0.137. The van der Waals surface area contributed by atoms with Crippen LogP contribution < -0.4 is 5.32 Å². The van der Waals surface area contributed by atoms with Crippen molar-refractivity contribution in [2.75, 3.05) is 0 Å². The first-order valence-corrected chi connectivity index (χ1v) is 6.43. The highest BCUT2D eigenvalue weighted by atomic mass is 16.4. The minimum Gasteiger partial charge on any atom is -0.481 e. The zero-order chi connectivity index (χ0) is 15.2. The van der Waals surface area contributed by atoms with Gasteiger partial charge >= 0.3 is 5.97 Å². The smallest absolute Gasteiger partial charge is 0.303 e. The molecule has 1 aromatic carbocycles. The van der Waals surface area contributed by atoms with Crippen LogP contribution in [0.15, 0.2) is 24.3 Å². The molecule has 8 nitrogen and oxygen atoms in total. The van der Waals surface area contributed by atoms with Gasteiger partial charge in [-0.25, -0.2) is 0 Å². The van der Waals surface area contributed by atoms with Gasteiger partial charge in [0.05, 0.1) is 0 Å². The number of carboxylic acid groups (broad SMARTS) is 1. The van der Waals surface area contributed by atoms with Gasteiger partial charge in [-0.1, -0.05) is 12.1 Å². The van der Waals surface area contributed by atoms with Crippen molar-refractivity contribution in [3.8, 4) is 11.4 Å². The Hall–Kier alpha value is -2.77. The summed E-state index contributed by atoms with van der Waals surface area (Å²) in [7, 11) is 0. The molecule has 110 valence electrons. The number of amides is 1. The number of H-pyrrole nitrogens is 1. The molecule has 0 saturated carbocycles. The number of aromatic amines is 1. The van der Waals surface area contributed by atoms with Gasteiger partial charge in [0.15, 0.2) is 0 Å². The molecule has 1 aromatic heterocycles. The Balaban J connectivity index is 1.95. The summed E-state index contributed by atoms with van der Waals surface area (Å²) in [6.45, 7) is 1.77. The Morgan fingerprint density at radius 2 is 2.05 bits per heavy atom. The van der Waals surface area contributed by atoms with Crippen molar-refractivity contribution < 1.29 is 14.7 Å². The molecule has 0 aliphatic carbocycles. The summed E-state index contributed by atoms with van der Waals surface area (Å²) in [6, 6.07) is 6.56. The summed E-state index contributed by atoms with van der Waals surface area (Å²) in [5.41, 5.74) is 1.24. The summed E-state index contributed by atoms with van der Waals surface area (Å²) in [4.78, 5) is 22.5. The number of aromatic nitrogens is 4. The predicted octanol–water partition coefficient (Wildman–Crippen LogP) is 0.850. The van der Waals surface area contributed by atoms with E-state index < -0.39 is 5.97 Å². The van der Waals surface area contributed by atoms with E-state index in [1.165, 1.54) is 0 Å². The summed E-state index contributed by atoms with van der Waals surface area (Å²) in [5, 5.41) is 24.9. The first-order chi connectivity index (χ1) is 10.1. The van der Waals surface area contributed by atoms with Gasteiger partial charge in [0, 0.05) is 23.6 Å². The number of benzene rings is 1. The van der Waals surface area contributed by atoms with Crippen molar-refractivity contribution >= 4 is 11.9 Å². The lowest BCUT2D eigenvalue weighted by atomic mass is 10.1. The minimum absolute atomic E-state index is 0.0260. The van der Waals surface area contributed by atoms with E-state index in [-0.39, 0.29) is 18.4 Å². The fraction of sp³-hybridized carbons (Fsp3) is 0.308. The van der Waals surface area contributed by atoms with Gasteiger partial charge in [-0.2, -0.15) is 5.21 Å². The second-order valence-electron chi connectivity index (χ2n) is 4.62. The van der Waals surface area contributed by atoms with E-state index >= 15 is 0 Å². The first kappa shape index (κ1) is 14.6. The molecule has 21 heavy (non-hydrogen) atoms. The van der Waals surface area contributed by atoms with Gasteiger partial charge < -0.3 is 10.4 Å². The van der Waals surface area contributed by atoms with Crippen molar-refractivity contribution in [2.45, 2.75) is 25.8 Å². The largest absolute Gasteiger partial charge is 0.481 e. The number of aliphatic carboxylic acids is 1. The molecule has 1 amide bonds. The second kappa shape index (κ2) is 6.60. The van der Waals surface area contributed by atoms with Gasteiger partial charge in [0.25, 0.3) is 5.91 Å². The van der Waals surface area contributed by atoms with Crippen LogP contribution in [0.3, 0.4) is 0 Å². The van der Waals surface area contributed by atoms with Gasteiger partial charge in [-0.05, 0) is 30.7 Å². The maximum atomic E-state index is 12.0. The van der Waals surface area contributed by atoms with Crippen LogP contribution in [0.5, 0.6) is 0 Å². The van der Waals surface area contributed by atoms with Crippen LogP contribution in [-0.4, -0.2) is 43.6 Å². The lowest BCUT2D eigenvalue weighted by Crippen LogP contribution is -2.32. The van der Waals surface area contributed by atoms with Crippen molar-refractivity contribution in [3.05, 3.63) is 29.8 Å². The van der Waals surface area contributed by atoms with E-state index in [2.05, 4.69) is 25.9 Å². The third-order valence-corrected chi connectivity index (χ3v) is 2.92. The molecule has 1 heterocycles. The second-order valence-corrected chi connectivity index (χ2v) is 4.62. The highest BCUT2D eigenvalue weighted by Crippen LogP contribution is 2.14. The molecule has 0 aliphatic heterocycles. The Kier molecular flexibility index (Phi) is 4.60. The molecule has 8 heteroatoms. The molecule has 0 aliphatic rings. The number of hydrogen-bond donors (Lipinski definition) is 3. The summed E-state index contributed by atoms with van der Waals surface area (Å²) >= 11 is 0. The van der Waals surface area contributed by atoms with Crippen LogP contribution in [0.25, 0.3) is 11.4 Å². The maximum absolute atomic E-state index is 12.0. The first-order valence-electron chi connectivity index (χ1n) is 6.43. The SMILES string of the molecule is CC(CCC(=O)O)NC(=O)c1ccc(-c2nn[nH]n2)cc1. The molecule has 2 rings (SSSR count). The van der Waals surface area contributed by atoms with Gasteiger partial charge in [-0.3, -0.25) is 9.59 Å². The molecule has 3 N–H and O–H groups in total. The molecule has 0 radical (unpaired) electrons. The van der Waals surface area contributed by atoms with Gasteiger partial charge in [0.2, 0.25) is 5.82 Å². The Bertz CT molecular complexity index is 609. The summed E-state index contributed by atoms with van der Waals surface area (Å²) < 4.78 is 0. The van der Waals surface area contributed by atoms with E-state index in [1.807, 2.05) is 0 Å². The number of carbonyl (C=O) groups is 2. The molecule has 0 fully saturated rings. The van der Waals surface area contributed by atoms with E-state index in [1.54, 1.807) is 31.2 Å². The van der Waals surface area contributed by atoms with Crippen LogP contribution in [0, 0.1) is 0 Å². The van der Waals surface area contributed by atoms with E-state index in [9.17, 15) is 9.59 Å². The number of carbonyl (C=O) groups excluding carboxylic acids is 1. The molecule has 0 saturated heterocycles. The number of nitrogens with one attached hydrogen (secondary N) is 2. The minimum atomic E-state index is -0.874. The predicted molar refractivity (Wildman–Crippen MR) is 73.4 cm³/mol. The molecule has 2 aromatic rings. The highest BCUT2D eigenvalue weighted by Gasteiger charge is 2.11. The average molecular weight is 289 g/mol. The van der Waals surface area contributed by atoms with Crippen LogP contribution in [-0.2, 0) is 4.79 Å². The van der Waals surface area contributed by atoms with E-state index in [0.29, 0.717) is 17.8 Å². The third kappa shape index (κ3) is 4.10. The molecule has 1 unspecified atom stereocenters. The molecule has 0 spiro atoms. The summed E-state index contributed by atoms with van der Waals surface area (Å²) in [6.07, 6.45) is 0.417. The standard InChI is InChI=1S/C13H15N5O3/c1-8(2-7-11(19)20)14-13(21)10-5-3-9(4-6-10)12-15-17-18-16-12/h3-6,8H,2,7H2,1H3,(H,14,21)(H,19,20)(H,15,16,17,18). The zero-order valence-electron chi connectivity index (χ0n) is 11.4. The zero-order valence-corrected chi connectivity index (χ0v) is 11.4. The monoisotopic (exact) mass is 289 g/mol. The van der Waals surface area contributed by atoms with E-state index in [0.717, 1.165) is 5.56 Å². The quantitative estimate of drug-likeness (QED) is 0.725. The van der Waals surface area contributed by atoms with Gasteiger partial charge in [-0.15, -0.1) is 10.2 Å². The highest BCUT2D eigenvalue weighted by molar-refractivity contribution is 5.94. The Morgan fingerprint density at radius 1 is 1.33 bits per heavy atom. The Labute approximate surface area is 120 Å². The van der Waals surface area contributed by atoms with Crippen LogP contribution in [0.4, 0.5) is 0 Å². The molecule has 0 bridgehead atoms. The third-order valence-electron chi connectivity index (χ3n) is 2.92. The number of nitrogens with zero attached hydrogens (tertiary/aromatic N) is 3. The normalized spacial score (nSPS) is 11.9. The summed E-state index contributed by atoms with van der Waals surface area (Å²) in [5.74, 6) is -0.662. The van der Waals surface area contributed by atoms with Crippen LogP contribution in [0.2, 0.25) is 0 Å². The van der Waals surface area contributed by atoms with Crippen molar-refractivity contribution in [2.24, 2.45) is 0 Å². The fourth-order valence-electron chi connectivity index (χ4n) is 1.77. The van der Waals surface area contributed by atoms with Crippen molar-refractivity contribution in [1.29, 1.82) is 0 Å².